The average molecular weight is 292 g/mol. The Bertz CT molecular complexity index is 417. The summed E-state index contributed by atoms with van der Waals surface area (Å²) in [5.41, 5.74) is 1.23. The largest absolute Gasteiger partial charge is 0.493 e. The van der Waals surface area contributed by atoms with Gasteiger partial charge in [0.25, 0.3) is 0 Å². The predicted molar refractivity (Wildman–Crippen MR) is 86.2 cm³/mol. The smallest absolute Gasteiger partial charge is 0.161 e. The van der Waals surface area contributed by atoms with Crippen LogP contribution in [0, 0.1) is 0 Å². The number of hydrogen-bond acceptors (Lipinski definition) is 4. The molecule has 1 N–H and O–H groups in total. The molecule has 0 unspecified atom stereocenters. The second-order valence-electron chi connectivity index (χ2n) is 5.56. The molecule has 0 aromatic heterocycles. The maximum atomic E-state index is 5.88. The lowest BCUT2D eigenvalue weighted by Crippen LogP contribution is -2.25. The van der Waals surface area contributed by atoms with E-state index < -0.39 is 0 Å². The quantitative estimate of drug-likeness (QED) is 0.710. The van der Waals surface area contributed by atoms with Gasteiger partial charge in [-0.2, -0.15) is 0 Å². The van der Waals surface area contributed by atoms with E-state index in [1.165, 1.54) is 31.5 Å². The third-order valence-corrected chi connectivity index (χ3v) is 3.85. The van der Waals surface area contributed by atoms with Gasteiger partial charge in [-0.25, -0.2) is 0 Å². The van der Waals surface area contributed by atoms with Gasteiger partial charge in [-0.15, -0.1) is 0 Å². The van der Waals surface area contributed by atoms with Gasteiger partial charge in [-0.3, -0.25) is 4.90 Å². The number of likely N-dealkylation sites (tertiary alicyclic amines) is 1. The Kier molecular flexibility index (Phi) is 6.83. The van der Waals surface area contributed by atoms with Crippen LogP contribution in [-0.4, -0.2) is 44.8 Å². The lowest BCUT2D eigenvalue weighted by atomic mass is 10.2. The number of nitrogens with zero attached hydrogens (tertiary/aromatic N) is 1. The van der Waals surface area contributed by atoms with Crippen LogP contribution >= 0.6 is 0 Å². The Morgan fingerprint density at radius 3 is 2.71 bits per heavy atom. The van der Waals surface area contributed by atoms with Crippen LogP contribution in [0.25, 0.3) is 0 Å². The molecule has 2 rings (SSSR count). The van der Waals surface area contributed by atoms with Gasteiger partial charge in [-0.05, 0) is 56.6 Å². The van der Waals surface area contributed by atoms with Gasteiger partial charge in [0, 0.05) is 13.1 Å². The van der Waals surface area contributed by atoms with Crippen molar-refractivity contribution in [1.82, 2.24) is 10.2 Å². The molecule has 0 bridgehead atoms. The minimum atomic E-state index is 0.726. The van der Waals surface area contributed by atoms with E-state index in [0.717, 1.165) is 44.2 Å². The summed E-state index contributed by atoms with van der Waals surface area (Å²) >= 11 is 0. The number of benzene rings is 1. The zero-order valence-electron chi connectivity index (χ0n) is 13.4. The van der Waals surface area contributed by atoms with Crippen molar-refractivity contribution in [3.8, 4) is 11.5 Å². The van der Waals surface area contributed by atoms with E-state index in [4.69, 9.17) is 9.47 Å². The lowest BCUT2D eigenvalue weighted by molar-refractivity contribution is 0.230. The van der Waals surface area contributed by atoms with Crippen molar-refractivity contribution in [2.45, 2.75) is 32.7 Å². The van der Waals surface area contributed by atoms with Crippen LogP contribution in [0.1, 0.15) is 31.7 Å². The second-order valence-corrected chi connectivity index (χ2v) is 5.56. The van der Waals surface area contributed by atoms with Gasteiger partial charge < -0.3 is 14.8 Å². The summed E-state index contributed by atoms with van der Waals surface area (Å²) < 4.78 is 11.3. The lowest BCUT2D eigenvalue weighted by Gasteiger charge is -2.16. The Morgan fingerprint density at radius 2 is 2.00 bits per heavy atom. The van der Waals surface area contributed by atoms with Gasteiger partial charge in [0.05, 0.1) is 7.11 Å². The molecule has 1 aromatic rings. The van der Waals surface area contributed by atoms with E-state index in [-0.39, 0.29) is 0 Å². The predicted octanol–water partition coefficient (Wildman–Crippen LogP) is 2.67. The van der Waals surface area contributed by atoms with Crippen molar-refractivity contribution < 1.29 is 9.47 Å². The molecule has 1 aliphatic heterocycles. The highest BCUT2D eigenvalue weighted by Gasteiger charge is 2.12. The summed E-state index contributed by atoms with van der Waals surface area (Å²) in [4.78, 5) is 2.45. The van der Waals surface area contributed by atoms with Crippen LogP contribution in [0.3, 0.4) is 0 Å². The molecule has 118 valence electrons. The fraction of sp³-hybridized carbons (Fsp3) is 0.647. The number of hydrogen-bond donors (Lipinski definition) is 1. The van der Waals surface area contributed by atoms with Gasteiger partial charge >= 0.3 is 0 Å². The molecule has 21 heavy (non-hydrogen) atoms. The van der Waals surface area contributed by atoms with Gasteiger partial charge in [-0.1, -0.05) is 13.0 Å². The summed E-state index contributed by atoms with van der Waals surface area (Å²) in [6, 6.07) is 6.19. The maximum absolute atomic E-state index is 5.88. The molecule has 1 fully saturated rings. The molecule has 4 heteroatoms. The first-order valence-corrected chi connectivity index (χ1v) is 8.06. The van der Waals surface area contributed by atoms with E-state index in [1.807, 2.05) is 6.07 Å². The molecule has 1 heterocycles. The molecule has 1 aliphatic rings. The van der Waals surface area contributed by atoms with Gasteiger partial charge in [0.15, 0.2) is 11.5 Å². The Labute approximate surface area is 128 Å². The van der Waals surface area contributed by atoms with Crippen LogP contribution in [0.15, 0.2) is 18.2 Å². The molecule has 1 saturated heterocycles. The van der Waals surface area contributed by atoms with E-state index in [0.29, 0.717) is 0 Å². The molecule has 0 spiro atoms. The molecule has 1 aromatic carbocycles. The first-order chi connectivity index (χ1) is 10.3. The monoisotopic (exact) mass is 292 g/mol. The number of rotatable bonds is 9. The summed E-state index contributed by atoms with van der Waals surface area (Å²) in [5, 5.41) is 3.40. The van der Waals surface area contributed by atoms with Crippen molar-refractivity contribution in [2.24, 2.45) is 0 Å². The zero-order valence-corrected chi connectivity index (χ0v) is 13.4. The maximum Gasteiger partial charge on any atom is 0.161 e. The zero-order chi connectivity index (χ0) is 14.9. The molecule has 0 atom stereocenters. The number of methoxy groups -OCH3 is 1. The summed E-state index contributed by atoms with van der Waals surface area (Å²) in [6.45, 7) is 8.23. The van der Waals surface area contributed by atoms with E-state index in [2.05, 4.69) is 29.3 Å². The highest BCUT2D eigenvalue weighted by atomic mass is 16.5. The minimum absolute atomic E-state index is 0.726. The Balaban J connectivity index is 1.83. The summed E-state index contributed by atoms with van der Waals surface area (Å²) in [7, 11) is 1.70. The third kappa shape index (κ3) is 5.21. The first kappa shape index (κ1) is 16.1. The molecule has 0 radical (unpaired) electrons. The standard InChI is InChI=1S/C17H28N2O2/c1-3-8-18-14-15-6-7-16(17(13-15)20-2)21-12-11-19-9-4-5-10-19/h6-7,13,18H,3-5,8-12,14H2,1-2H3. The van der Waals surface area contributed by atoms with Crippen LogP contribution in [0.4, 0.5) is 0 Å². The second kappa shape index (κ2) is 8.90. The molecular formula is C17H28N2O2. The van der Waals surface area contributed by atoms with Crippen molar-refractivity contribution >= 4 is 0 Å². The van der Waals surface area contributed by atoms with E-state index >= 15 is 0 Å². The van der Waals surface area contributed by atoms with Crippen molar-refractivity contribution in [2.75, 3.05) is 39.9 Å². The van der Waals surface area contributed by atoms with Gasteiger partial charge in [0.2, 0.25) is 0 Å². The van der Waals surface area contributed by atoms with Crippen molar-refractivity contribution in [3.05, 3.63) is 23.8 Å². The summed E-state index contributed by atoms with van der Waals surface area (Å²) in [5.74, 6) is 1.67. The fourth-order valence-electron chi connectivity index (χ4n) is 2.64. The Morgan fingerprint density at radius 1 is 1.19 bits per heavy atom. The fourth-order valence-corrected chi connectivity index (χ4v) is 2.64. The van der Waals surface area contributed by atoms with Crippen LogP contribution < -0.4 is 14.8 Å². The first-order valence-electron chi connectivity index (χ1n) is 8.06. The van der Waals surface area contributed by atoms with E-state index in [9.17, 15) is 0 Å². The molecular weight excluding hydrogens is 264 g/mol. The van der Waals surface area contributed by atoms with E-state index in [1.54, 1.807) is 7.11 Å². The highest BCUT2D eigenvalue weighted by molar-refractivity contribution is 5.42. The topological polar surface area (TPSA) is 33.7 Å². The van der Waals surface area contributed by atoms with Crippen LogP contribution in [0.5, 0.6) is 11.5 Å². The SMILES string of the molecule is CCCNCc1ccc(OCCN2CCCC2)c(OC)c1. The number of ether oxygens (including phenoxy) is 2. The molecule has 4 nitrogen and oxygen atoms in total. The Hall–Kier alpha value is -1.26. The highest BCUT2D eigenvalue weighted by Crippen LogP contribution is 2.28. The molecule has 0 amide bonds. The number of nitrogens with one attached hydrogen (secondary N) is 1. The molecule has 0 saturated carbocycles. The van der Waals surface area contributed by atoms with Crippen molar-refractivity contribution in [1.29, 1.82) is 0 Å². The normalized spacial score (nSPS) is 15.3. The molecule has 0 aliphatic carbocycles. The minimum Gasteiger partial charge on any atom is -0.493 e. The van der Waals surface area contributed by atoms with Gasteiger partial charge in [0.1, 0.15) is 6.61 Å². The third-order valence-electron chi connectivity index (χ3n) is 3.85. The van der Waals surface area contributed by atoms with Crippen molar-refractivity contribution in [3.63, 3.8) is 0 Å². The average Bonchev–Trinajstić information content (AvgIpc) is 3.02. The van der Waals surface area contributed by atoms with Crippen LogP contribution in [0.2, 0.25) is 0 Å². The summed E-state index contributed by atoms with van der Waals surface area (Å²) in [6.07, 6.45) is 3.79. The van der Waals surface area contributed by atoms with Crippen LogP contribution in [-0.2, 0) is 6.54 Å².